The third-order valence-electron chi connectivity index (χ3n) is 2.69. The van der Waals surface area contributed by atoms with Crippen LogP contribution in [-0.2, 0) is 0 Å². The van der Waals surface area contributed by atoms with E-state index in [9.17, 15) is 13.6 Å². The highest BCUT2D eigenvalue weighted by atomic mass is 32.2. The van der Waals surface area contributed by atoms with Crippen molar-refractivity contribution in [2.75, 3.05) is 17.7 Å². The number of hydrogen-bond donors (Lipinski definition) is 2. The van der Waals surface area contributed by atoms with Crippen LogP contribution >= 0.6 is 11.8 Å². The first kappa shape index (κ1) is 15.2. The molecule has 0 saturated carbocycles. The van der Waals surface area contributed by atoms with Crippen LogP contribution in [0.2, 0.25) is 0 Å². The van der Waals surface area contributed by atoms with Crippen molar-refractivity contribution in [1.29, 1.82) is 0 Å². The molecule has 0 radical (unpaired) electrons. The maximum atomic E-state index is 12.5. The molecule has 2 N–H and O–H groups in total. The standard InChI is InChI=1S/C14H13F2N3OS/c1-17-11-8-18-7-6-9(11)13(20)19-10-4-2-3-5-12(10)21-14(15)16/h2-8,14,17H,1H3,(H,19,20). The van der Waals surface area contributed by atoms with Gasteiger partial charge in [0.1, 0.15) is 0 Å². The fourth-order valence-corrected chi connectivity index (χ4v) is 2.35. The summed E-state index contributed by atoms with van der Waals surface area (Å²) < 4.78 is 25.0. The minimum Gasteiger partial charge on any atom is -0.386 e. The lowest BCUT2D eigenvalue weighted by atomic mass is 10.2. The van der Waals surface area contributed by atoms with Crippen molar-refractivity contribution in [3.05, 3.63) is 48.3 Å². The lowest BCUT2D eigenvalue weighted by Crippen LogP contribution is -2.14. The number of nitrogens with zero attached hydrogens (tertiary/aromatic N) is 1. The SMILES string of the molecule is CNc1cnccc1C(=O)Nc1ccccc1SC(F)F. The Hall–Kier alpha value is -2.15. The van der Waals surface area contributed by atoms with Gasteiger partial charge >= 0.3 is 0 Å². The van der Waals surface area contributed by atoms with Crippen molar-refractivity contribution in [1.82, 2.24) is 4.98 Å². The molecule has 0 unspecified atom stereocenters. The second-order valence-corrected chi connectivity index (χ2v) is 5.03. The quantitative estimate of drug-likeness (QED) is 0.827. The summed E-state index contributed by atoms with van der Waals surface area (Å²) in [5.74, 6) is -2.93. The van der Waals surface area contributed by atoms with Crippen LogP contribution in [0.5, 0.6) is 0 Å². The van der Waals surface area contributed by atoms with Gasteiger partial charge < -0.3 is 10.6 Å². The van der Waals surface area contributed by atoms with E-state index in [2.05, 4.69) is 15.6 Å². The third-order valence-corrected chi connectivity index (χ3v) is 3.47. The van der Waals surface area contributed by atoms with Crippen LogP contribution in [0.4, 0.5) is 20.2 Å². The Bertz CT molecular complexity index is 637. The summed E-state index contributed by atoms with van der Waals surface area (Å²) >= 11 is 0.396. The highest BCUT2D eigenvalue weighted by Crippen LogP contribution is 2.32. The van der Waals surface area contributed by atoms with E-state index in [0.717, 1.165) is 0 Å². The average Bonchev–Trinajstić information content (AvgIpc) is 2.48. The highest BCUT2D eigenvalue weighted by molar-refractivity contribution is 7.99. The van der Waals surface area contributed by atoms with Gasteiger partial charge in [0, 0.05) is 18.1 Å². The second kappa shape index (κ2) is 7.03. The Morgan fingerprint density at radius 3 is 2.71 bits per heavy atom. The molecule has 7 heteroatoms. The van der Waals surface area contributed by atoms with Crippen molar-refractivity contribution >= 4 is 29.0 Å². The summed E-state index contributed by atoms with van der Waals surface area (Å²) in [6.45, 7) is 0. The molecule has 0 atom stereocenters. The molecule has 1 heterocycles. The van der Waals surface area contributed by atoms with E-state index in [1.54, 1.807) is 31.3 Å². The number of hydrogen-bond acceptors (Lipinski definition) is 4. The molecule has 110 valence electrons. The molecule has 1 amide bonds. The first-order valence-electron chi connectivity index (χ1n) is 6.08. The van der Waals surface area contributed by atoms with Crippen molar-refractivity contribution < 1.29 is 13.6 Å². The van der Waals surface area contributed by atoms with Crippen LogP contribution in [0.15, 0.2) is 47.6 Å². The van der Waals surface area contributed by atoms with E-state index in [1.165, 1.54) is 18.5 Å². The molecule has 2 rings (SSSR count). The predicted molar refractivity (Wildman–Crippen MR) is 80.0 cm³/mol. The van der Waals surface area contributed by atoms with Crippen LogP contribution in [0.25, 0.3) is 0 Å². The summed E-state index contributed by atoms with van der Waals surface area (Å²) in [7, 11) is 1.67. The van der Waals surface area contributed by atoms with Gasteiger partial charge in [0.2, 0.25) is 0 Å². The Labute approximate surface area is 125 Å². The minimum absolute atomic E-state index is 0.320. The molecule has 1 aromatic heterocycles. The first-order valence-corrected chi connectivity index (χ1v) is 6.96. The molecule has 0 spiro atoms. The Balaban J connectivity index is 2.24. The molecule has 4 nitrogen and oxygen atoms in total. The number of para-hydroxylation sites is 1. The topological polar surface area (TPSA) is 54.0 Å². The molecular weight excluding hydrogens is 296 g/mol. The van der Waals surface area contributed by atoms with E-state index in [4.69, 9.17) is 0 Å². The minimum atomic E-state index is -2.54. The number of carbonyl (C=O) groups is 1. The molecule has 0 bridgehead atoms. The van der Waals surface area contributed by atoms with Gasteiger partial charge in [-0.05, 0) is 18.2 Å². The number of halogens is 2. The van der Waals surface area contributed by atoms with E-state index in [-0.39, 0.29) is 5.91 Å². The predicted octanol–water partition coefficient (Wildman–Crippen LogP) is 3.69. The number of benzene rings is 1. The van der Waals surface area contributed by atoms with Crippen LogP contribution in [-0.4, -0.2) is 23.7 Å². The van der Waals surface area contributed by atoms with Crippen molar-refractivity contribution in [3.8, 4) is 0 Å². The summed E-state index contributed by atoms with van der Waals surface area (Å²) in [5, 5.41) is 5.51. The van der Waals surface area contributed by atoms with E-state index >= 15 is 0 Å². The molecule has 1 aromatic carbocycles. The maximum absolute atomic E-state index is 12.5. The van der Waals surface area contributed by atoms with E-state index in [0.29, 0.717) is 33.6 Å². The Morgan fingerprint density at radius 1 is 1.24 bits per heavy atom. The molecule has 2 aromatic rings. The molecule has 0 aliphatic heterocycles. The first-order chi connectivity index (χ1) is 10.1. The highest BCUT2D eigenvalue weighted by Gasteiger charge is 2.14. The van der Waals surface area contributed by atoms with Gasteiger partial charge in [0.05, 0.1) is 23.1 Å². The van der Waals surface area contributed by atoms with Crippen LogP contribution in [0, 0.1) is 0 Å². The zero-order valence-electron chi connectivity index (χ0n) is 11.1. The second-order valence-electron chi connectivity index (χ2n) is 4.00. The third kappa shape index (κ3) is 3.91. The van der Waals surface area contributed by atoms with Crippen molar-refractivity contribution in [2.45, 2.75) is 10.7 Å². The summed E-state index contributed by atoms with van der Waals surface area (Å²) in [4.78, 5) is 16.5. The van der Waals surface area contributed by atoms with Gasteiger partial charge in [-0.1, -0.05) is 23.9 Å². The van der Waals surface area contributed by atoms with Crippen LogP contribution < -0.4 is 10.6 Å². The maximum Gasteiger partial charge on any atom is 0.288 e. The summed E-state index contributed by atoms with van der Waals surface area (Å²) in [5.41, 5.74) is 1.31. The van der Waals surface area contributed by atoms with Gasteiger partial charge in [0.15, 0.2) is 0 Å². The van der Waals surface area contributed by atoms with E-state index in [1.807, 2.05) is 0 Å². The number of alkyl halides is 2. The zero-order chi connectivity index (χ0) is 15.2. The number of aromatic nitrogens is 1. The van der Waals surface area contributed by atoms with Crippen LogP contribution in [0.3, 0.4) is 0 Å². The van der Waals surface area contributed by atoms with Gasteiger partial charge in [-0.3, -0.25) is 9.78 Å². The number of pyridine rings is 1. The fourth-order valence-electron chi connectivity index (χ4n) is 1.75. The van der Waals surface area contributed by atoms with Gasteiger partial charge in [0.25, 0.3) is 11.7 Å². The van der Waals surface area contributed by atoms with Gasteiger partial charge in [-0.15, -0.1) is 0 Å². The average molecular weight is 309 g/mol. The van der Waals surface area contributed by atoms with E-state index < -0.39 is 5.76 Å². The molecule has 0 aliphatic rings. The largest absolute Gasteiger partial charge is 0.386 e. The smallest absolute Gasteiger partial charge is 0.288 e. The van der Waals surface area contributed by atoms with Gasteiger partial charge in [-0.2, -0.15) is 8.78 Å². The molecular formula is C14H13F2N3OS. The number of amides is 1. The Morgan fingerprint density at radius 2 is 2.00 bits per heavy atom. The van der Waals surface area contributed by atoms with Crippen molar-refractivity contribution in [2.24, 2.45) is 0 Å². The summed E-state index contributed by atoms with van der Waals surface area (Å²) in [6.07, 6.45) is 3.02. The lowest BCUT2D eigenvalue weighted by molar-refractivity contribution is 0.102. The lowest BCUT2D eigenvalue weighted by Gasteiger charge is -2.12. The molecule has 0 aliphatic carbocycles. The molecule has 21 heavy (non-hydrogen) atoms. The fraction of sp³-hybridized carbons (Fsp3) is 0.143. The number of nitrogens with one attached hydrogen (secondary N) is 2. The molecule has 0 fully saturated rings. The van der Waals surface area contributed by atoms with Gasteiger partial charge in [-0.25, -0.2) is 0 Å². The summed E-state index contributed by atoms with van der Waals surface area (Å²) in [6, 6.07) is 8.01. The zero-order valence-corrected chi connectivity index (χ0v) is 12.0. The van der Waals surface area contributed by atoms with Crippen LogP contribution in [0.1, 0.15) is 10.4 Å². The normalized spacial score (nSPS) is 10.5. The Kier molecular flexibility index (Phi) is 5.10. The monoisotopic (exact) mass is 309 g/mol. The number of thioether (sulfide) groups is 1. The number of rotatable bonds is 5. The number of anilines is 2. The number of carbonyl (C=O) groups excluding carboxylic acids is 1. The molecule has 0 saturated heterocycles. The van der Waals surface area contributed by atoms with Crippen molar-refractivity contribution in [3.63, 3.8) is 0 Å².